The van der Waals surface area contributed by atoms with Crippen LogP contribution < -0.4 is 11.5 Å². The lowest BCUT2D eigenvalue weighted by atomic mass is 9.50. The molecule has 2 heterocycles. The highest BCUT2D eigenvalue weighted by molar-refractivity contribution is 6.04. The first-order valence-corrected chi connectivity index (χ1v) is 11.6. The van der Waals surface area contributed by atoms with E-state index in [1.54, 1.807) is 24.3 Å². The molecule has 0 amide bonds. The van der Waals surface area contributed by atoms with Crippen LogP contribution in [0.4, 0.5) is 0 Å². The zero-order valence-electron chi connectivity index (χ0n) is 19.5. The Kier molecular flexibility index (Phi) is 5.80. The van der Waals surface area contributed by atoms with E-state index in [2.05, 4.69) is 0 Å². The molecule has 10 heteroatoms. The Morgan fingerprint density at radius 2 is 1.83 bits per heavy atom. The van der Waals surface area contributed by atoms with E-state index in [-0.39, 0.29) is 30.6 Å². The number of carbonyl (C=O) groups is 4. The molecule has 1 saturated carbocycles. The quantitative estimate of drug-likeness (QED) is 0.473. The minimum absolute atomic E-state index is 0.0616. The van der Waals surface area contributed by atoms with Crippen molar-refractivity contribution in [1.29, 1.82) is 0 Å². The van der Waals surface area contributed by atoms with Crippen molar-refractivity contribution in [3.05, 3.63) is 71.9 Å². The highest BCUT2D eigenvalue weighted by Gasteiger charge is 2.67. The number of ketones is 1. The molecule has 1 aromatic heterocycles. The maximum absolute atomic E-state index is 13.9. The van der Waals surface area contributed by atoms with Gasteiger partial charge in [-0.15, -0.1) is 0 Å². The largest absolute Gasteiger partial charge is 0.472 e. The van der Waals surface area contributed by atoms with Crippen molar-refractivity contribution in [3.8, 4) is 0 Å². The highest BCUT2D eigenvalue weighted by atomic mass is 16.6. The molecule has 1 aromatic carbocycles. The zero-order valence-corrected chi connectivity index (χ0v) is 19.5. The van der Waals surface area contributed by atoms with Crippen molar-refractivity contribution >= 4 is 23.7 Å². The summed E-state index contributed by atoms with van der Waals surface area (Å²) in [6.07, 6.45) is 3.76. The van der Waals surface area contributed by atoms with E-state index in [4.69, 9.17) is 30.1 Å². The van der Waals surface area contributed by atoms with Crippen LogP contribution in [0.1, 0.15) is 41.3 Å². The third-order valence-corrected chi connectivity index (χ3v) is 7.66. The first-order valence-electron chi connectivity index (χ1n) is 11.6. The summed E-state index contributed by atoms with van der Waals surface area (Å²) in [6, 6.07) is 9.76. The first-order chi connectivity index (χ1) is 17.2. The Morgan fingerprint density at radius 3 is 2.50 bits per heavy atom. The van der Waals surface area contributed by atoms with Crippen LogP contribution in [-0.2, 0) is 28.6 Å². The van der Waals surface area contributed by atoms with Gasteiger partial charge in [0.15, 0.2) is 5.76 Å². The number of furan rings is 1. The number of nitrogens with two attached hydrogens (primary N) is 2. The summed E-state index contributed by atoms with van der Waals surface area (Å²) < 4.78 is 21.2. The molecule has 2 aromatic rings. The number of ether oxygens (including phenoxy) is 3. The summed E-state index contributed by atoms with van der Waals surface area (Å²) in [7, 11) is 1.21. The van der Waals surface area contributed by atoms with Crippen LogP contribution >= 0.6 is 0 Å². The number of hydrogen-bond donors (Lipinski definition) is 2. The van der Waals surface area contributed by atoms with Crippen molar-refractivity contribution in [1.82, 2.24) is 0 Å². The van der Waals surface area contributed by atoms with Gasteiger partial charge >= 0.3 is 17.9 Å². The number of benzene rings is 1. The molecule has 6 atom stereocenters. The smallest absolute Gasteiger partial charge is 0.343 e. The first kappa shape index (κ1) is 24.0. The van der Waals surface area contributed by atoms with Gasteiger partial charge in [-0.05, 0) is 37.1 Å². The number of rotatable bonds is 4. The fraction of sp³-hybridized carbons (Fsp3) is 0.385. The van der Waals surface area contributed by atoms with Gasteiger partial charge in [0, 0.05) is 23.1 Å². The predicted molar refractivity (Wildman–Crippen MR) is 123 cm³/mol. The summed E-state index contributed by atoms with van der Waals surface area (Å²) in [5.74, 6) is -6.22. The number of hydrogen-bond acceptors (Lipinski definition) is 10. The summed E-state index contributed by atoms with van der Waals surface area (Å²) in [6.45, 7) is 0. The molecule has 1 aliphatic heterocycles. The monoisotopic (exact) mass is 494 g/mol. The lowest BCUT2D eigenvalue weighted by Gasteiger charge is -2.58. The van der Waals surface area contributed by atoms with Gasteiger partial charge in [0.05, 0.1) is 43.0 Å². The van der Waals surface area contributed by atoms with Crippen LogP contribution in [-0.4, -0.2) is 41.9 Å². The fourth-order valence-electron chi connectivity index (χ4n) is 5.92. The molecule has 188 valence electrons. The molecule has 5 rings (SSSR count). The van der Waals surface area contributed by atoms with Crippen LogP contribution in [0.15, 0.2) is 65.2 Å². The summed E-state index contributed by atoms with van der Waals surface area (Å²) >= 11 is 0. The second-order valence-electron chi connectivity index (χ2n) is 9.59. The number of Topliss-reactive ketones (excluding diaryl/α,β-unsaturated/α-hetero) is 1. The number of allylic oxidation sites excluding steroid dienone is 1. The summed E-state index contributed by atoms with van der Waals surface area (Å²) in [5.41, 5.74) is 11.6. The van der Waals surface area contributed by atoms with E-state index in [0.29, 0.717) is 5.56 Å². The van der Waals surface area contributed by atoms with E-state index in [1.807, 2.05) is 0 Å². The molecule has 2 fully saturated rings. The molecule has 0 unspecified atom stereocenters. The SMILES string of the molecule is COC(=O)[C@@H]1C=C(OC(=O)c2ccccc2)C(=O)[C@H]2[C@@]1(N)CC[C@H]1C(=O)O[C@H](c3ccoc3)C[C@]21N. The van der Waals surface area contributed by atoms with E-state index in [1.165, 1.54) is 37.8 Å². The van der Waals surface area contributed by atoms with Crippen LogP contribution in [0.25, 0.3) is 0 Å². The van der Waals surface area contributed by atoms with Gasteiger partial charge in [-0.1, -0.05) is 18.2 Å². The standard InChI is InChI=1S/C26H26N2O8/c1-33-23(31)17-11-18(35-22(30)14-5-3-2-4-6-14)20(29)21-25(17,27)9-7-16-24(32)36-19(12-26(16,21)28)15-8-10-34-13-15/h2-6,8,10-11,13,16-17,19,21H,7,9,12,27-28H2,1H3/t16-,17-,19-,21-,25+,26+/m0/s1. The Bertz CT molecular complexity index is 1240. The lowest BCUT2D eigenvalue weighted by Crippen LogP contribution is -2.76. The Hall–Kier alpha value is -3.76. The molecule has 3 aliphatic rings. The molecule has 0 radical (unpaired) electrons. The van der Waals surface area contributed by atoms with Crippen molar-refractivity contribution in [2.45, 2.75) is 36.4 Å². The van der Waals surface area contributed by atoms with E-state index in [9.17, 15) is 19.2 Å². The number of methoxy groups -OCH3 is 1. The van der Waals surface area contributed by atoms with Gasteiger partial charge in [-0.3, -0.25) is 14.4 Å². The Morgan fingerprint density at radius 1 is 1.08 bits per heavy atom. The molecular formula is C26H26N2O8. The molecule has 1 saturated heterocycles. The van der Waals surface area contributed by atoms with E-state index in [0.717, 1.165) is 0 Å². The average molecular weight is 495 g/mol. The van der Waals surface area contributed by atoms with Gasteiger partial charge in [-0.2, -0.15) is 0 Å². The van der Waals surface area contributed by atoms with Crippen molar-refractivity contribution in [2.75, 3.05) is 7.11 Å². The summed E-state index contributed by atoms with van der Waals surface area (Å²) in [4.78, 5) is 52.6. The molecule has 2 aliphatic carbocycles. The second-order valence-corrected chi connectivity index (χ2v) is 9.59. The normalized spacial score (nSPS) is 33.5. The predicted octanol–water partition coefficient (Wildman–Crippen LogP) is 1.80. The number of fused-ring (bicyclic) bond motifs is 3. The van der Waals surface area contributed by atoms with Gasteiger partial charge < -0.3 is 30.1 Å². The summed E-state index contributed by atoms with van der Waals surface area (Å²) in [5, 5.41) is 0. The fourth-order valence-corrected chi connectivity index (χ4v) is 5.92. The lowest BCUT2D eigenvalue weighted by molar-refractivity contribution is -0.179. The molecule has 10 nitrogen and oxygen atoms in total. The third kappa shape index (κ3) is 3.64. The molecule has 4 N–H and O–H groups in total. The molecule has 36 heavy (non-hydrogen) atoms. The molecule has 0 bridgehead atoms. The van der Waals surface area contributed by atoms with Gasteiger partial charge in [-0.25, -0.2) is 4.79 Å². The highest BCUT2D eigenvalue weighted by Crippen LogP contribution is 2.55. The molecule has 0 spiro atoms. The van der Waals surface area contributed by atoms with Gasteiger partial charge in [0.2, 0.25) is 5.78 Å². The molecular weight excluding hydrogens is 468 g/mol. The zero-order chi connectivity index (χ0) is 25.7. The average Bonchev–Trinajstić information content (AvgIpc) is 3.40. The van der Waals surface area contributed by atoms with E-state index < -0.39 is 58.6 Å². The van der Waals surface area contributed by atoms with Crippen molar-refractivity contribution in [3.63, 3.8) is 0 Å². The minimum Gasteiger partial charge on any atom is -0.472 e. The van der Waals surface area contributed by atoms with Crippen LogP contribution in [0.2, 0.25) is 0 Å². The van der Waals surface area contributed by atoms with E-state index >= 15 is 0 Å². The van der Waals surface area contributed by atoms with Crippen LogP contribution in [0.5, 0.6) is 0 Å². The van der Waals surface area contributed by atoms with Crippen molar-refractivity contribution in [2.24, 2.45) is 29.2 Å². The maximum atomic E-state index is 13.9. The topological polar surface area (TPSA) is 161 Å². The second kappa shape index (κ2) is 8.72. The number of esters is 3. The Labute approximate surface area is 206 Å². The number of carbonyl (C=O) groups excluding carboxylic acids is 4. The van der Waals surface area contributed by atoms with Gasteiger partial charge in [0.25, 0.3) is 0 Å². The minimum atomic E-state index is -1.48. The third-order valence-electron chi connectivity index (χ3n) is 7.66. The Balaban J connectivity index is 1.57. The van der Waals surface area contributed by atoms with Crippen LogP contribution in [0.3, 0.4) is 0 Å². The maximum Gasteiger partial charge on any atom is 0.343 e. The van der Waals surface area contributed by atoms with Crippen LogP contribution in [0, 0.1) is 17.8 Å². The number of cyclic esters (lactones) is 1. The van der Waals surface area contributed by atoms with Gasteiger partial charge in [0.1, 0.15) is 6.10 Å². The van der Waals surface area contributed by atoms with Crippen molar-refractivity contribution < 1.29 is 37.8 Å².